The van der Waals surface area contributed by atoms with Crippen molar-refractivity contribution in [1.29, 1.82) is 0 Å². The van der Waals surface area contributed by atoms with Crippen molar-refractivity contribution in [2.75, 3.05) is 30.7 Å². The maximum absolute atomic E-state index is 13.0. The second-order valence-electron chi connectivity index (χ2n) is 8.52. The van der Waals surface area contributed by atoms with E-state index in [1.165, 1.54) is 5.56 Å². The molecule has 31 heavy (non-hydrogen) atoms. The van der Waals surface area contributed by atoms with E-state index in [-0.39, 0.29) is 11.9 Å². The first-order valence-electron chi connectivity index (χ1n) is 11.3. The lowest BCUT2D eigenvalue weighted by Gasteiger charge is -2.38. The average molecular weight is 440 g/mol. The highest BCUT2D eigenvalue weighted by atomic mass is 32.2. The van der Waals surface area contributed by atoms with Crippen LogP contribution in [0.1, 0.15) is 42.1 Å². The van der Waals surface area contributed by atoms with Crippen LogP contribution < -0.4 is 9.04 Å². The Kier molecular flexibility index (Phi) is 6.21. The van der Waals surface area contributed by atoms with Crippen molar-refractivity contribution >= 4 is 23.4 Å². The monoisotopic (exact) mass is 439 g/mol. The standard InChI is InChI=1S/C25H29NO4S/c1-2-17-3-5-19(6-4-17)26(20-15-29-16-20)31-21-7-8-24-22(13-21)23(27)14-25(30-24)18-9-11-28-12-10-18/h3-8,13,18,20,25H,2,9-12,14-16H2,1H3. The minimum atomic E-state index is -0.0249. The minimum absolute atomic E-state index is 0.0249. The van der Waals surface area contributed by atoms with Gasteiger partial charge < -0.3 is 18.5 Å². The first-order chi connectivity index (χ1) is 15.2. The third kappa shape index (κ3) is 4.47. The van der Waals surface area contributed by atoms with Gasteiger partial charge in [0.2, 0.25) is 0 Å². The van der Waals surface area contributed by atoms with Crippen LogP contribution >= 0.6 is 11.9 Å². The van der Waals surface area contributed by atoms with Crippen LogP contribution in [0.15, 0.2) is 47.4 Å². The Bertz CT molecular complexity index is 922. The van der Waals surface area contributed by atoms with Crippen LogP contribution in [0.25, 0.3) is 0 Å². The molecule has 5 rings (SSSR count). The summed E-state index contributed by atoms with van der Waals surface area (Å²) in [6.45, 7) is 5.15. The predicted molar refractivity (Wildman–Crippen MR) is 122 cm³/mol. The van der Waals surface area contributed by atoms with Gasteiger partial charge in [-0.3, -0.25) is 4.79 Å². The summed E-state index contributed by atoms with van der Waals surface area (Å²) >= 11 is 1.67. The van der Waals surface area contributed by atoms with E-state index >= 15 is 0 Å². The Hall–Kier alpha value is -2.02. The zero-order chi connectivity index (χ0) is 21.2. The Morgan fingerprint density at radius 3 is 2.48 bits per heavy atom. The first-order valence-corrected chi connectivity index (χ1v) is 12.0. The molecule has 0 N–H and O–H groups in total. The van der Waals surface area contributed by atoms with Gasteiger partial charge >= 0.3 is 0 Å². The summed E-state index contributed by atoms with van der Waals surface area (Å²) in [4.78, 5) is 14.0. The number of rotatable bonds is 6. The molecule has 164 valence electrons. The van der Waals surface area contributed by atoms with Crippen molar-refractivity contribution in [2.45, 2.75) is 49.6 Å². The van der Waals surface area contributed by atoms with Gasteiger partial charge in [-0.1, -0.05) is 19.1 Å². The molecule has 0 amide bonds. The molecular weight excluding hydrogens is 410 g/mol. The van der Waals surface area contributed by atoms with Crippen molar-refractivity contribution < 1.29 is 19.0 Å². The van der Waals surface area contributed by atoms with E-state index in [2.05, 4.69) is 41.6 Å². The van der Waals surface area contributed by atoms with Crippen molar-refractivity contribution in [3.05, 3.63) is 53.6 Å². The van der Waals surface area contributed by atoms with E-state index in [1.54, 1.807) is 11.9 Å². The number of ether oxygens (including phenoxy) is 3. The van der Waals surface area contributed by atoms with Crippen LogP contribution in [0.5, 0.6) is 5.75 Å². The van der Waals surface area contributed by atoms with E-state index in [4.69, 9.17) is 14.2 Å². The second-order valence-corrected chi connectivity index (χ2v) is 9.57. The van der Waals surface area contributed by atoms with Gasteiger partial charge in [0.25, 0.3) is 0 Å². The smallest absolute Gasteiger partial charge is 0.170 e. The summed E-state index contributed by atoms with van der Waals surface area (Å²) in [5.74, 6) is 1.31. The number of anilines is 1. The number of hydrogen-bond acceptors (Lipinski definition) is 6. The molecule has 0 aliphatic carbocycles. The van der Waals surface area contributed by atoms with E-state index in [0.29, 0.717) is 23.9 Å². The molecule has 0 spiro atoms. The lowest BCUT2D eigenvalue weighted by atomic mass is 9.87. The van der Waals surface area contributed by atoms with Crippen molar-refractivity contribution in [3.8, 4) is 5.75 Å². The Balaban J connectivity index is 1.34. The molecule has 3 heterocycles. The Morgan fingerprint density at radius 2 is 1.81 bits per heavy atom. The zero-order valence-corrected chi connectivity index (χ0v) is 18.7. The van der Waals surface area contributed by atoms with E-state index < -0.39 is 0 Å². The fourth-order valence-corrected chi connectivity index (χ4v) is 5.45. The second kappa shape index (κ2) is 9.23. The molecule has 3 aliphatic rings. The van der Waals surface area contributed by atoms with Crippen molar-refractivity contribution in [1.82, 2.24) is 0 Å². The van der Waals surface area contributed by atoms with E-state index in [0.717, 1.165) is 62.0 Å². The van der Waals surface area contributed by atoms with Crippen molar-refractivity contribution in [3.63, 3.8) is 0 Å². The van der Waals surface area contributed by atoms with Crippen molar-refractivity contribution in [2.24, 2.45) is 5.92 Å². The average Bonchev–Trinajstić information content (AvgIpc) is 2.78. The molecule has 2 fully saturated rings. The van der Waals surface area contributed by atoms with E-state index in [9.17, 15) is 4.79 Å². The number of Topliss-reactive ketones (excluding diaryl/α,β-unsaturated/α-hetero) is 1. The molecule has 2 saturated heterocycles. The molecule has 0 aromatic heterocycles. The molecule has 1 unspecified atom stereocenters. The number of hydrogen-bond donors (Lipinski definition) is 0. The molecule has 3 aliphatic heterocycles. The van der Waals surface area contributed by atoms with Crippen LogP contribution in [-0.2, 0) is 15.9 Å². The first kappa shape index (κ1) is 20.9. The zero-order valence-electron chi connectivity index (χ0n) is 17.9. The van der Waals surface area contributed by atoms with Gasteiger partial charge in [0.1, 0.15) is 11.9 Å². The largest absolute Gasteiger partial charge is 0.489 e. The molecule has 2 aromatic rings. The minimum Gasteiger partial charge on any atom is -0.489 e. The molecule has 0 bridgehead atoms. The molecule has 0 radical (unpaired) electrons. The number of carbonyl (C=O) groups is 1. The number of benzene rings is 2. The van der Waals surface area contributed by atoms with Gasteiger partial charge in [0, 0.05) is 36.1 Å². The van der Waals surface area contributed by atoms with Gasteiger partial charge in [-0.2, -0.15) is 0 Å². The van der Waals surface area contributed by atoms with Crippen LogP contribution in [0.3, 0.4) is 0 Å². The lowest BCUT2D eigenvalue weighted by Crippen LogP contribution is -2.45. The van der Waals surface area contributed by atoms with Gasteiger partial charge in [0.15, 0.2) is 5.78 Å². The normalized spacial score (nSPS) is 21.8. The molecule has 0 saturated carbocycles. The molecule has 2 aromatic carbocycles. The summed E-state index contributed by atoms with van der Waals surface area (Å²) in [6, 6.07) is 15.1. The summed E-state index contributed by atoms with van der Waals surface area (Å²) in [5, 5.41) is 0. The highest BCUT2D eigenvalue weighted by molar-refractivity contribution is 8.00. The molecule has 1 atom stereocenters. The molecule has 5 nitrogen and oxygen atoms in total. The maximum atomic E-state index is 13.0. The van der Waals surface area contributed by atoms with Crippen LogP contribution in [0, 0.1) is 5.92 Å². The predicted octanol–water partition coefficient (Wildman–Crippen LogP) is 4.92. The molecule has 6 heteroatoms. The number of carbonyl (C=O) groups excluding carboxylic acids is 1. The SMILES string of the molecule is CCc1ccc(N(Sc2ccc3c(c2)C(=O)CC(C2CCOCC2)O3)C2COC2)cc1. The quantitative estimate of drug-likeness (QED) is 0.596. The number of fused-ring (bicyclic) bond motifs is 1. The van der Waals surface area contributed by atoms with Gasteiger partial charge in [-0.05, 0) is 67.1 Å². The van der Waals surface area contributed by atoms with Gasteiger partial charge in [0.05, 0.1) is 24.8 Å². The highest BCUT2D eigenvalue weighted by Gasteiger charge is 2.34. The summed E-state index contributed by atoms with van der Waals surface area (Å²) in [6.07, 6.45) is 3.40. The fraction of sp³-hybridized carbons (Fsp3) is 0.480. The third-order valence-corrected chi connectivity index (χ3v) is 7.63. The number of nitrogens with zero attached hydrogens (tertiary/aromatic N) is 1. The summed E-state index contributed by atoms with van der Waals surface area (Å²) in [7, 11) is 0. The third-order valence-electron chi connectivity index (χ3n) is 6.46. The Labute approximate surface area is 188 Å². The summed E-state index contributed by atoms with van der Waals surface area (Å²) in [5.41, 5.74) is 3.20. The molecular formula is C25H29NO4S. The van der Waals surface area contributed by atoms with Crippen LogP contribution in [-0.4, -0.2) is 44.4 Å². The topological polar surface area (TPSA) is 48.0 Å². The van der Waals surface area contributed by atoms with Crippen LogP contribution in [0.4, 0.5) is 5.69 Å². The van der Waals surface area contributed by atoms with Gasteiger partial charge in [-0.15, -0.1) is 0 Å². The highest BCUT2D eigenvalue weighted by Crippen LogP contribution is 2.39. The lowest BCUT2D eigenvalue weighted by molar-refractivity contribution is 0.0119. The summed E-state index contributed by atoms with van der Waals surface area (Å²) < 4.78 is 19.5. The van der Waals surface area contributed by atoms with E-state index in [1.807, 2.05) is 12.1 Å². The number of aryl methyl sites for hydroxylation is 1. The number of ketones is 1. The fourth-order valence-electron chi connectivity index (χ4n) is 4.42. The Morgan fingerprint density at radius 1 is 1.03 bits per heavy atom. The maximum Gasteiger partial charge on any atom is 0.170 e. The van der Waals surface area contributed by atoms with Gasteiger partial charge in [-0.25, -0.2) is 0 Å². The van der Waals surface area contributed by atoms with Crippen LogP contribution in [0.2, 0.25) is 0 Å².